The number of nitrogens with one attached hydrogen (secondary N) is 4. The minimum absolute atomic E-state index is 0.00307. The molecule has 41 heavy (non-hydrogen) atoms. The number of piperidine rings is 1. The summed E-state index contributed by atoms with van der Waals surface area (Å²) in [5, 5.41) is 11.5. The number of anilines is 1. The molecule has 1 fully saturated rings. The second kappa shape index (κ2) is 12.5. The molecule has 3 aromatic rings. The van der Waals surface area contributed by atoms with Crippen LogP contribution in [0.4, 0.5) is 23.2 Å². The maximum Gasteiger partial charge on any atom is 0.406 e. The average Bonchev–Trinajstić information content (AvgIpc) is 3.32. The van der Waals surface area contributed by atoms with Gasteiger partial charge in [0.05, 0.1) is 42.3 Å². The first-order valence-electron chi connectivity index (χ1n) is 12.9. The Hall–Kier alpha value is -4.31. The smallest absolute Gasteiger partial charge is 0.406 e. The minimum atomic E-state index is -4.49. The van der Waals surface area contributed by atoms with Crippen LogP contribution in [0.5, 0.6) is 5.75 Å². The summed E-state index contributed by atoms with van der Waals surface area (Å²) in [5.74, 6) is 4.28. The zero-order chi connectivity index (χ0) is 29.7. The van der Waals surface area contributed by atoms with E-state index in [1.165, 1.54) is 32.4 Å². The molecule has 4 N–H and O–H groups in total. The maximum atomic E-state index is 14.4. The van der Waals surface area contributed by atoms with Crippen molar-refractivity contribution < 1.29 is 31.9 Å². The number of amides is 2. The first-order valence-corrected chi connectivity index (χ1v) is 12.9. The Morgan fingerprint density at radius 3 is 2.66 bits per heavy atom. The van der Waals surface area contributed by atoms with E-state index in [1.54, 1.807) is 0 Å². The fourth-order valence-electron chi connectivity index (χ4n) is 4.66. The first-order chi connectivity index (χ1) is 19.5. The molecule has 1 aliphatic rings. The number of carbonyl (C=O) groups is 2. The highest BCUT2D eigenvalue weighted by Crippen LogP contribution is 2.28. The normalized spacial score (nSPS) is 17.0. The van der Waals surface area contributed by atoms with Crippen LogP contribution in [-0.4, -0.2) is 67.4 Å². The predicted octanol–water partition coefficient (Wildman–Crippen LogP) is 3.30. The van der Waals surface area contributed by atoms with Crippen LogP contribution in [0.3, 0.4) is 0 Å². The summed E-state index contributed by atoms with van der Waals surface area (Å²) < 4.78 is 60.3. The molecule has 0 saturated carbocycles. The average molecular weight is 575 g/mol. The van der Waals surface area contributed by atoms with Gasteiger partial charge in [-0.25, -0.2) is 9.37 Å². The van der Waals surface area contributed by atoms with Gasteiger partial charge in [0, 0.05) is 24.7 Å². The number of methoxy groups -OCH3 is 1. The van der Waals surface area contributed by atoms with E-state index in [1.807, 2.05) is 6.92 Å². The Kier molecular flexibility index (Phi) is 9.02. The largest absolute Gasteiger partial charge is 0.495 e. The summed E-state index contributed by atoms with van der Waals surface area (Å²) in [6.45, 7) is 2.22. The molecule has 2 aromatic carbocycles. The number of hydrogen-bond acceptors (Lipinski definition) is 6. The van der Waals surface area contributed by atoms with Gasteiger partial charge in [0.15, 0.2) is 0 Å². The molecule has 0 radical (unpaired) electrons. The Morgan fingerprint density at radius 1 is 1.20 bits per heavy atom. The van der Waals surface area contributed by atoms with E-state index in [9.17, 15) is 27.2 Å². The highest BCUT2D eigenvalue weighted by atomic mass is 19.4. The molecule has 2 heterocycles. The highest BCUT2D eigenvalue weighted by molar-refractivity contribution is 6.05. The monoisotopic (exact) mass is 574 g/mol. The summed E-state index contributed by atoms with van der Waals surface area (Å²) >= 11 is 0. The van der Waals surface area contributed by atoms with E-state index in [-0.39, 0.29) is 52.1 Å². The Balaban J connectivity index is 1.62. The lowest BCUT2D eigenvalue weighted by Gasteiger charge is -2.30. The van der Waals surface area contributed by atoms with Crippen LogP contribution in [0, 0.1) is 23.6 Å². The number of halogens is 4. The molecular formula is C28H30F4N6O3. The first kappa shape index (κ1) is 29.7. The molecule has 1 aliphatic heterocycles. The van der Waals surface area contributed by atoms with Crippen LogP contribution in [0.1, 0.15) is 39.6 Å². The number of hydrogen-bond donors (Lipinski definition) is 4. The molecule has 2 amide bonds. The van der Waals surface area contributed by atoms with Crippen molar-refractivity contribution in [3.05, 3.63) is 53.1 Å². The molecule has 4 rings (SSSR count). The van der Waals surface area contributed by atoms with E-state index in [0.29, 0.717) is 5.56 Å². The van der Waals surface area contributed by atoms with Gasteiger partial charge in [-0.3, -0.25) is 9.59 Å². The van der Waals surface area contributed by atoms with Gasteiger partial charge in [0.1, 0.15) is 23.6 Å². The third-order valence-corrected chi connectivity index (χ3v) is 6.78. The molecule has 1 unspecified atom stereocenters. The Labute approximate surface area is 234 Å². The molecule has 13 heteroatoms. The van der Waals surface area contributed by atoms with E-state index < -0.39 is 30.4 Å². The number of aromatic nitrogens is 2. The lowest BCUT2D eigenvalue weighted by Crippen LogP contribution is -2.48. The maximum absolute atomic E-state index is 14.4. The van der Waals surface area contributed by atoms with Gasteiger partial charge in [-0.05, 0) is 43.6 Å². The Bertz CT molecular complexity index is 1510. The Morgan fingerprint density at radius 2 is 1.98 bits per heavy atom. The van der Waals surface area contributed by atoms with Crippen LogP contribution >= 0.6 is 0 Å². The number of ether oxygens (including phenoxy) is 1. The number of imidazole rings is 1. The van der Waals surface area contributed by atoms with E-state index in [4.69, 9.17) is 4.74 Å². The lowest BCUT2D eigenvalue weighted by atomic mass is 9.95. The zero-order valence-corrected chi connectivity index (χ0v) is 22.7. The van der Waals surface area contributed by atoms with Crippen LogP contribution in [0.25, 0.3) is 11.0 Å². The molecule has 0 aliphatic carbocycles. The second-order valence-corrected chi connectivity index (χ2v) is 9.70. The molecule has 0 spiro atoms. The molecule has 9 nitrogen and oxygen atoms in total. The molecule has 2 atom stereocenters. The van der Waals surface area contributed by atoms with E-state index >= 15 is 0 Å². The lowest BCUT2D eigenvalue weighted by molar-refractivity contribution is -0.139. The van der Waals surface area contributed by atoms with Gasteiger partial charge in [0.2, 0.25) is 0 Å². The number of rotatable bonds is 7. The fraction of sp³-hybridized carbons (Fsp3) is 0.393. The summed E-state index contributed by atoms with van der Waals surface area (Å²) in [6.07, 6.45) is -2.71. The number of carbonyl (C=O) groups excluding carboxylic acids is 2. The van der Waals surface area contributed by atoms with Crippen LogP contribution in [-0.2, 0) is 6.54 Å². The van der Waals surface area contributed by atoms with Gasteiger partial charge < -0.3 is 30.6 Å². The van der Waals surface area contributed by atoms with Gasteiger partial charge in [-0.15, -0.1) is 0 Å². The minimum Gasteiger partial charge on any atom is -0.495 e. The van der Waals surface area contributed by atoms with E-state index in [2.05, 4.69) is 38.1 Å². The molecule has 0 bridgehead atoms. The molecule has 1 aromatic heterocycles. The SMILES string of the molecule is CNC(=O)c1cc(OC)c(NCC#Cc2cc(C(=O)NC3CCNC[C@@H]3C)c3ncn(CC(F)(F)F)c3c2)cc1F. The number of fused-ring (bicyclic) bond motifs is 1. The van der Waals surface area contributed by atoms with Crippen molar-refractivity contribution in [2.75, 3.05) is 39.1 Å². The zero-order valence-electron chi connectivity index (χ0n) is 22.7. The van der Waals surface area contributed by atoms with Crippen molar-refractivity contribution in [3.8, 4) is 17.6 Å². The summed E-state index contributed by atoms with van der Waals surface area (Å²) in [7, 11) is 2.75. The predicted molar refractivity (Wildman–Crippen MR) is 145 cm³/mol. The molecule has 218 valence electrons. The molecular weight excluding hydrogens is 544 g/mol. The van der Waals surface area contributed by atoms with Crippen molar-refractivity contribution >= 4 is 28.5 Å². The quantitative estimate of drug-likeness (QED) is 0.255. The number of nitrogens with zero attached hydrogens (tertiary/aromatic N) is 2. The topological polar surface area (TPSA) is 109 Å². The van der Waals surface area contributed by atoms with Crippen LogP contribution in [0.15, 0.2) is 30.6 Å². The van der Waals surface area contributed by atoms with Crippen molar-refractivity contribution in [1.82, 2.24) is 25.5 Å². The summed E-state index contributed by atoms with van der Waals surface area (Å²) in [6, 6.07) is 5.22. The van der Waals surface area contributed by atoms with Gasteiger partial charge in [0.25, 0.3) is 11.8 Å². The third kappa shape index (κ3) is 7.07. The number of benzene rings is 2. The van der Waals surface area contributed by atoms with Crippen molar-refractivity contribution in [2.45, 2.75) is 32.1 Å². The van der Waals surface area contributed by atoms with E-state index in [0.717, 1.165) is 36.5 Å². The standard InChI is InChI=1S/C28H30F4N6O3/c1-16-13-34-8-6-21(16)37-27(40)19-9-17(10-23-25(19)36-15-38(23)14-28(30,31)32)5-4-7-35-22-12-20(29)18(26(39)33-2)11-24(22)41-3/h9-12,15-16,21,34-35H,6-8,13-14H2,1-3H3,(H,33,39)(H,37,40)/t16-,21?/m0/s1. The summed E-state index contributed by atoms with van der Waals surface area (Å²) in [4.78, 5) is 29.3. The fourth-order valence-corrected chi connectivity index (χ4v) is 4.66. The van der Waals surface area contributed by atoms with Crippen LogP contribution < -0.4 is 26.0 Å². The van der Waals surface area contributed by atoms with Gasteiger partial charge in [-0.2, -0.15) is 13.2 Å². The third-order valence-electron chi connectivity index (χ3n) is 6.78. The highest BCUT2D eigenvalue weighted by Gasteiger charge is 2.30. The molecule has 1 saturated heterocycles. The number of alkyl halides is 3. The van der Waals surface area contributed by atoms with Crippen molar-refractivity contribution in [3.63, 3.8) is 0 Å². The van der Waals surface area contributed by atoms with Crippen LogP contribution in [0.2, 0.25) is 0 Å². The summed E-state index contributed by atoms with van der Waals surface area (Å²) in [5.41, 5.74) is 0.767. The van der Waals surface area contributed by atoms with Crippen molar-refractivity contribution in [1.29, 1.82) is 0 Å². The van der Waals surface area contributed by atoms with Gasteiger partial charge >= 0.3 is 6.18 Å². The second-order valence-electron chi connectivity index (χ2n) is 9.70. The van der Waals surface area contributed by atoms with Gasteiger partial charge in [-0.1, -0.05) is 18.8 Å². The van der Waals surface area contributed by atoms with Crippen molar-refractivity contribution in [2.24, 2.45) is 5.92 Å².